The second kappa shape index (κ2) is 8.89. The molecular weight excluding hydrogens is 348 g/mol. The minimum absolute atomic E-state index is 0.329. The molecule has 2 aromatic rings. The van der Waals surface area contributed by atoms with Gasteiger partial charge in [-0.3, -0.25) is 4.79 Å². The average molecular weight is 368 g/mol. The van der Waals surface area contributed by atoms with Crippen LogP contribution < -0.4 is 14.2 Å². The van der Waals surface area contributed by atoms with Crippen molar-refractivity contribution in [3.8, 4) is 17.2 Å². The van der Waals surface area contributed by atoms with Gasteiger partial charge in [0, 0.05) is 12.5 Å². The first kappa shape index (κ1) is 18.5. The van der Waals surface area contributed by atoms with E-state index in [2.05, 4.69) is 0 Å². The van der Waals surface area contributed by atoms with Crippen LogP contribution in [0.15, 0.2) is 48.5 Å². The topological polar surface area (TPSA) is 71.1 Å². The lowest BCUT2D eigenvalue weighted by atomic mass is 10.1. The van der Waals surface area contributed by atoms with E-state index in [0.29, 0.717) is 36.0 Å². The highest BCUT2D eigenvalue weighted by molar-refractivity contribution is 6.01. The molecule has 1 aliphatic rings. The first-order valence-corrected chi connectivity index (χ1v) is 8.58. The number of rotatable bonds is 6. The Morgan fingerprint density at radius 1 is 1.07 bits per heavy atom. The summed E-state index contributed by atoms with van der Waals surface area (Å²) in [5.74, 6) is 0.848. The molecule has 0 amide bonds. The molecule has 0 radical (unpaired) electrons. The van der Waals surface area contributed by atoms with Crippen LogP contribution in [-0.2, 0) is 9.53 Å². The van der Waals surface area contributed by atoms with Gasteiger partial charge in [-0.05, 0) is 35.9 Å². The fourth-order valence-electron chi connectivity index (χ4n) is 2.59. The minimum Gasteiger partial charge on any atom is -0.496 e. The smallest absolute Gasteiger partial charge is 0.331 e. The monoisotopic (exact) mass is 368 g/mol. The van der Waals surface area contributed by atoms with Crippen molar-refractivity contribution in [2.45, 2.75) is 6.42 Å². The van der Waals surface area contributed by atoms with Crippen molar-refractivity contribution in [3.05, 3.63) is 59.7 Å². The summed E-state index contributed by atoms with van der Waals surface area (Å²) in [6.07, 6.45) is 3.70. The normalized spacial score (nSPS) is 13.1. The predicted octanol–water partition coefficient (Wildman–Crippen LogP) is 3.30. The summed E-state index contributed by atoms with van der Waals surface area (Å²) in [5.41, 5.74) is 1.15. The van der Waals surface area contributed by atoms with Crippen LogP contribution in [0.5, 0.6) is 17.2 Å². The maximum atomic E-state index is 12.2. The summed E-state index contributed by atoms with van der Waals surface area (Å²) in [6, 6.07) is 12.2. The van der Waals surface area contributed by atoms with E-state index in [1.54, 1.807) is 42.5 Å². The number of hydrogen-bond donors (Lipinski definition) is 0. The van der Waals surface area contributed by atoms with E-state index in [4.69, 9.17) is 18.9 Å². The SMILES string of the molecule is COc1ccccc1C(=O)COC(=O)/C=C/c1ccc2c(c1)OCCCO2. The molecule has 0 fully saturated rings. The average Bonchev–Trinajstić information content (AvgIpc) is 2.95. The summed E-state index contributed by atoms with van der Waals surface area (Å²) < 4.78 is 21.3. The predicted molar refractivity (Wildman–Crippen MR) is 99.4 cm³/mol. The molecule has 0 unspecified atom stereocenters. The van der Waals surface area contributed by atoms with E-state index >= 15 is 0 Å². The Morgan fingerprint density at radius 2 is 1.85 bits per heavy atom. The van der Waals surface area contributed by atoms with Gasteiger partial charge in [0.1, 0.15) is 5.75 Å². The third kappa shape index (κ3) is 4.88. The van der Waals surface area contributed by atoms with Gasteiger partial charge in [0.15, 0.2) is 18.1 Å². The van der Waals surface area contributed by atoms with E-state index in [9.17, 15) is 9.59 Å². The standard InChI is InChI=1S/C21H20O6/c1-24-18-6-3-2-5-16(18)17(22)14-27-21(23)10-8-15-7-9-19-20(13-15)26-12-4-11-25-19/h2-3,5-10,13H,4,11-12,14H2,1H3/b10-8+. The van der Waals surface area contributed by atoms with Crippen molar-refractivity contribution in [2.75, 3.05) is 26.9 Å². The Labute approximate surface area is 157 Å². The van der Waals surface area contributed by atoms with Crippen LogP contribution in [0.2, 0.25) is 0 Å². The van der Waals surface area contributed by atoms with Crippen LogP contribution in [0.3, 0.4) is 0 Å². The van der Waals surface area contributed by atoms with Crippen molar-refractivity contribution in [2.24, 2.45) is 0 Å². The van der Waals surface area contributed by atoms with Crippen LogP contribution >= 0.6 is 0 Å². The molecule has 1 aliphatic heterocycles. The van der Waals surface area contributed by atoms with Crippen LogP contribution in [0.25, 0.3) is 6.08 Å². The van der Waals surface area contributed by atoms with E-state index in [1.807, 2.05) is 6.07 Å². The highest BCUT2D eigenvalue weighted by Crippen LogP contribution is 2.30. The van der Waals surface area contributed by atoms with Crippen molar-refractivity contribution >= 4 is 17.8 Å². The quantitative estimate of drug-likeness (QED) is 0.443. The molecular formula is C21H20O6. The van der Waals surface area contributed by atoms with Crippen LogP contribution in [0.1, 0.15) is 22.3 Å². The van der Waals surface area contributed by atoms with Gasteiger partial charge >= 0.3 is 5.97 Å². The zero-order valence-corrected chi connectivity index (χ0v) is 15.0. The Morgan fingerprint density at radius 3 is 2.67 bits per heavy atom. The lowest BCUT2D eigenvalue weighted by molar-refractivity contribution is -0.136. The van der Waals surface area contributed by atoms with E-state index in [-0.39, 0.29) is 12.4 Å². The summed E-state index contributed by atoms with van der Waals surface area (Å²) in [5, 5.41) is 0. The number of benzene rings is 2. The van der Waals surface area contributed by atoms with Gasteiger partial charge in [-0.1, -0.05) is 18.2 Å². The van der Waals surface area contributed by atoms with Gasteiger partial charge in [-0.25, -0.2) is 4.79 Å². The number of Topliss-reactive ketones (excluding diaryl/α,β-unsaturated/α-hetero) is 1. The molecule has 3 rings (SSSR count). The first-order chi connectivity index (χ1) is 13.2. The van der Waals surface area contributed by atoms with E-state index < -0.39 is 5.97 Å². The van der Waals surface area contributed by atoms with Gasteiger partial charge in [-0.15, -0.1) is 0 Å². The molecule has 0 N–H and O–H groups in total. The minimum atomic E-state index is -0.606. The third-order valence-electron chi connectivity index (χ3n) is 3.94. The number of ketones is 1. The highest BCUT2D eigenvalue weighted by Gasteiger charge is 2.13. The summed E-state index contributed by atoms with van der Waals surface area (Å²) >= 11 is 0. The van der Waals surface area contributed by atoms with E-state index in [1.165, 1.54) is 13.2 Å². The van der Waals surface area contributed by atoms with Crippen LogP contribution in [-0.4, -0.2) is 38.7 Å². The van der Waals surface area contributed by atoms with Crippen molar-refractivity contribution in [1.29, 1.82) is 0 Å². The van der Waals surface area contributed by atoms with Crippen molar-refractivity contribution in [3.63, 3.8) is 0 Å². The van der Waals surface area contributed by atoms with Crippen LogP contribution in [0, 0.1) is 0 Å². The Kier molecular flexibility index (Phi) is 6.10. The summed E-state index contributed by atoms with van der Waals surface area (Å²) in [7, 11) is 1.48. The summed E-state index contributed by atoms with van der Waals surface area (Å²) in [4.78, 5) is 24.1. The second-order valence-corrected chi connectivity index (χ2v) is 5.82. The molecule has 0 saturated heterocycles. The number of carbonyl (C=O) groups is 2. The number of fused-ring (bicyclic) bond motifs is 1. The molecule has 6 nitrogen and oxygen atoms in total. The molecule has 27 heavy (non-hydrogen) atoms. The molecule has 6 heteroatoms. The fourth-order valence-corrected chi connectivity index (χ4v) is 2.59. The fraction of sp³-hybridized carbons (Fsp3) is 0.238. The molecule has 0 saturated carbocycles. The zero-order chi connectivity index (χ0) is 19.1. The van der Waals surface area contributed by atoms with Crippen LogP contribution in [0.4, 0.5) is 0 Å². The number of carbonyl (C=O) groups excluding carboxylic acids is 2. The Hall–Kier alpha value is -3.28. The number of hydrogen-bond acceptors (Lipinski definition) is 6. The molecule has 140 valence electrons. The Bertz CT molecular complexity index is 856. The van der Waals surface area contributed by atoms with Gasteiger partial charge in [0.2, 0.25) is 5.78 Å². The maximum absolute atomic E-state index is 12.2. The zero-order valence-electron chi connectivity index (χ0n) is 15.0. The van der Waals surface area contributed by atoms with Crippen molar-refractivity contribution in [1.82, 2.24) is 0 Å². The molecule has 0 bridgehead atoms. The molecule has 0 aromatic heterocycles. The molecule has 0 atom stereocenters. The van der Waals surface area contributed by atoms with Gasteiger partial charge in [-0.2, -0.15) is 0 Å². The third-order valence-corrected chi connectivity index (χ3v) is 3.94. The summed E-state index contributed by atoms with van der Waals surface area (Å²) in [6.45, 7) is 0.854. The Balaban J connectivity index is 1.57. The number of para-hydroxylation sites is 1. The lowest BCUT2D eigenvalue weighted by Crippen LogP contribution is -2.13. The molecule has 2 aromatic carbocycles. The largest absolute Gasteiger partial charge is 0.496 e. The maximum Gasteiger partial charge on any atom is 0.331 e. The number of methoxy groups -OCH3 is 1. The van der Waals surface area contributed by atoms with Gasteiger partial charge < -0.3 is 18.9 Å². The highest BCUT2D eigenvalue weighted by atomic mass is 16.5. The molecule has 0 aliphatic carbocycles. The van der Waals surface area contributed by atoms with E-state index in [0.717, 1.165) is 12.0 Å². The number of esters is 1. The second-order valence-electron chi connectivity index (χ2n) is 5.82. The first-order valence-electron chi connectivity index (χ1n) is 8.58. The number of ether oxygens (including phenoxy) is 4. The van der Waals surface area contributed by atoms with Gasteiger partial charge in [0.25, 0.3) is 0 Å². The molecule has 1 heterocycles. The lowest BCUT2D eigenvalue weighted by Gasteiger charge is -2.08. The van der Waals surface area contributed by atoms with Gasteiger partial charge in [0.05, 0.1) is 25.9 Å². The molecule has 0 spiro atoms. The van der Waals surface area contributed by atoms with Crippen molar-refractivity contribution < 1.29 is 28.5 Å².